The van der Waals surface area contributed by atoms with Crippen LogP contribution >= 0.6 is 0 Å². The third-order valence-electron chi connectivity index (χ3n) is 3.06. The van der Waals surface area contributed by atoms with Gasteiger partial charge in [0.1, 0.15) is 0 Å². The Bertz CT molecular complexity index is 129. The van der Waals surface area contributed by atoms with E-state index in [1.807, 2.05) is 0 Å². The summed E-state index contributed by atoms with van der Waals surface area (Å²) >= 11 is 0. The summed E-state index contributed by atoms with van der Waals surface area (Å²) in [7, 11) is 2.25. The van der Waals surface area contributed by atoms with Gasteiger partial charge in [0.05, 0.1) is 0 Å². The van der Waals surface area contributed by atoms with E-state index < -0.39 is 0 Å². The van der Waals surface area contributed by atoms with Gasteiger partial charge < -0.3 is 4.90 Å². The number of nitrogens with zero attached hydrogens (tertiary/aromatic N) is 1. The van der Waals surface area contributed by atoms with Crippen molar-refractivity contribution < 1.29 is 0 Å². The maximum Gasteiger partial charge on any atom is 0.000641 e. The van der Waals surface area contributed by atoms with E-state index >= 15 is 0 Å². The van der Waals surface area contributed by atoms with E-state index in [2.05, 4.69) is 46.6 Å². The first kappa shape index (κ1) is 14.0. The Hall–Kier alpha value is -0.0400. The van der Waals surface area contributed by atoms with Gasteiger partial charge in [0.2, 0.25) is 0 Å². The highest BCUT2D eigenvalue weighted by Gasteiger charge is 2.09. The monoisotopic (exact) mass is 199 g/mol. The van der Waals surface area contributed by atoms with Crippen LogP contribution in [0.25, 0.3) is 0 Å². The van der Waals surface area contributed by atoms with E-state index in [0.29, 0.717) is 0 Å². The number of hydrogen-bond donors (Lipinski definition) is 0. The fourth-order valence-corrected chi connectivity index (χ4v) is 1.56. The zero-order chi connectivity index (χ0) is 11.1. The van der Waals surface area contributed by atoms with Crippen LogP contribution in [0.5, 0.6) is 0 Å². The summed E-state index contributed by atoms with van der Waals surface area (Å²) in [5, 5.41) is 0. The molecule has 0 aliphatic heterocycles. The van der Waals surface area contributed by atoms with Crippen LogP contribution in [0.3, 0.4) is 0 Å². The van der Waals surface area contributed by atoms with Crippen molar-refractivity contribution in [2.75, 3.05) is 20.1 Å². The molecule has 0 rings (SSSR count). The minimum absolute atomic E-state index is 0.808. The Kier molecular flexibility index (Phi) is 7.26. The lowest BCUT2D eigenvalue weighted by Gasteiger charge is -2.23. The standard InChI is InChI=1S/C13H29N/c1-11(2)8-7-9-14(6)10-13(5)12(3)4/h11-13H,7-10H2,1-6H3. The molecule has 1 nitrogen and oxygen atoms in total. The molecule has 14 heavy (non-hydrogen) atoms. The van der Waals surface area contributed by atoms with Gasteiger partial charge in [-0.2, -0.15) is 0 Å². The van der Waals surface area contributed by atoms with Gasteiger partial charge in [-0.15, -0.1) is 0 Å². The van der Waals surface area contributed by atoms with E-state index in [4.69, 9.17) is 0 Å². The van der Waals surface area contributed by atoms with Crippen LogP contribution in [-0.4, -0.2) is 25.0 Å². The third-order valence-corrected chi connectivity index (χ3v) is 3.06. The molecule has 0 saturated carbocycles. The second kappa shape index (κ2) is 7.28. The van der Waals surface area contributed by atoms with E-state index in [-0.39, 0.29) is 0 Å². The maximum atomic E-state index is 2.48. The van der Waals surface area contributed by atoms with Gasteiger partial charge in [0.15, 0.2) is 0 Å². The van der Waals surface area contributed by atoms with Crippen LogP contribution in [-0.2, 0) is 0 Å². The van der Waals surface area contributed by atoms with Crippen molar-refractivity contribution in [2.24, 2.45) is 17.8 Å². The van der Waals surface area contributed by atoms with Crippen LogP contribution in [0.4, 0.5) is 0 Å². The molecule has 0 heterocycles. The average molecular weight is 199 g/mol. The zero-order valence-electron chi connectivity index (χ0n) is 11.0. The summed E-state index contributed by atoms with van der Waals surface area (Å²) < 4.78 is 0. The van der Waals surface area contributed by atoms with Crippen LogP contribution < -0.4 is 0 Å². The van der Waals surface area contributed by atoms with Crippen LogP contribution in [0, 0.1) is 17.8 Å². The predicted molar refractivity (Wildman–Crippen MR) is 65.6 cm³/mol. The van der Waals surface area contributed by atoms with Crippen LogP contribution in [0.15, 0.2) is 0 Å². The second-order valence-corrected chi connectivity index (χ2v) is 5.52. The van der Waals surface area contributed by atoms with Gasteiger partial charge in [-0.1, -0.05) is 34.6 Å². The van der Waals surface area contributed by atoms with Crippen LogP contribution in [0.2, 0.25) is 0 Å². The minimum Gasteiger partial charge on any atom is -0.306 e. The average Bonchev–Trinajstić information content (AvgIpc) is 2.02. The van der Waals surface area contributed by atoms with Crippen molar-refractivity contribution >= 4 is 0 Å². The molecule has 1 heteroatoms. The van der Waals surface area contributed by atoms with Crippen LogP contribution in [0.1, 0.15) is 47.5 Å². The maximum absolute atomic E-state index is 2.48. The van der Waals surface area contributed by atoms with E-state index in [1.54, 1.807) is 0 Å². The molecule has 0 radical (unpaired) electrons. The Morgan fingerprint density at radius 1 is 1.00 bits per heavy atom. The van der Waals surface area contributed by atoms with Gasteiger partial charge in [0, 0.05) is 6.54 Å². The first-order valence-corrected chi connectivity index (χ1v) is 6.12. The summed E-state index contributed by atoms with van der Waals surface area (Å²) in [6.07, 6.45) is 2.71. The molecule has 1 atom stereocenters. The molecule has 86 valence electrons. The molecule has 0 N–H and O–H groups in total. The Balaban J connectivity index is 3.50. The quantitative estimate of drug-likeness (QED) is 0.605. The van der Waals surface area contributed by atoms with Gasteiger partial charge in [-0.25, -0.2) is 0 Å². The highest BCUT2D eigenvalue weighted by atomic mass is 15.1. The van der Waals surface area contributed by atoms with Crippen molar-refractivity contribution in [3.05, 3.63) is 0 Å². The fraction of sp³-hybridized carbons (Fsp3) is 1.00. The van der Waals surface area contributed by atoms with Crippen molar-refractivity contribution in [1.82, 2.24) is 4.90 Å². The summed E-state index contributed by atoms with van der Waals surface area (Å²) in [5.74, 6) is 2.48. The normalized spacial score (nSPS) is 14.4. The lowest BCUT2D eigenvalue weighted by molar-refractivity contribution is 0.243. The molecule has 0 amide bonds. The first-order chi connectivity index (χ1) is 6.43. The van der Waals surface area contributed by atoms with Crippen molar-refractivity contribution in [3.63, 3.8) is 0 Å². The molecular formula is C13H29N. The molecule has 0 fully saturated rings. The lowest BCUT2D eigenvalue weighted by Crippen LogP contribution is -2.27. The van der Waals surface area contributed by atoms with Crippen molar-refractivity contribution in [3.8, 4) is 0 Å². The largest absolute Gasteiger partial charge is 0.306 e. The highest BCUT2D eigenvalue weighted by molar-refractivity contribution is 4.62. The Morgan fingerprint density at radius 3 is 2.00 bits per heavy atom. The topological polar surface area (TPSA) is 3.24 Å². The fourth-order valence-electron chi connectivity index (χ4n) is 1.56. The molecule has 0 aromatic rings. The minimum atomic E-state index is 0.808. The van der Waals surface area contributed by atoms with Gasteiger partial charge in [-0.3, -0.25) is 0 Å². The molecule has 0 spiro atoms. The summed E-state index contributed by atoms with van der Waals surface area (Å²) in [5.41, 5.74) is 0. The molecule has 0 aliphatic carbocycles. The van der Waals surface area contributed by atoms with E-state index in [1.165, 1.54) is 25.9 Å². The molecule has 0 aliphatic rings. The molecule has 0 aromatic heterocycles. The third kappa shape index (κ3) is 7.37. The smallest absolute Gasteiger partial charge is 0.000641 e. The first-order valence-electron chi connectivity index (χ1n) is 6.12. The van der Waals surface area contributed by atoms with Gasteiger partial charge in [-0.05, 0) is 44.2 Å². The molecule has 0 aromatic carbocycles. The SMILES string of the molecule is CC(C)CCCN(C)CC(C)C(C)C. The van der Waals surface area contributed by atoms with Crippen molar-refractivity contribution in [2.45, 2.75) is 47.5 Å². The zero-order valence-corrected chi connectivity index (χ0v) is 11.0. The second-order valence-electron chi connectivity index (χ2n) is 5.52. The lowest BCUT2D eigenvalue weighted by atomic mass is 9.97. The Labute approximate surface area is 90.9 Å². The van der Waals surface area contributed by atoms with Crippen molar-refractivity contribution in [1.29, 1.82) is 0 Å². The van der Waals surface area contributed by atoms with Gasteiger partial charge in [0.25, 0.3) is 0 Å². The molecular weight excluding hydrogens is 170 g/mol. The summed E-state index contributed by atoms with van der Waals surface area (Å²) in [6, 6.07) is 0. The number of rotatable bonds is 7. The Morgan fingerprint density at radius 2 is 1.57 bits per heavy atom. The summed E-state index contributed by atoms with van der Waals surface area (Å²) in [6.45, 7) is 14.1. The van der Waals surface area contributed by atoms with Gasteiger partial charge >= 0.3 is 0 Å². The number of hydrogen-bond acceptors (Lipinski definition) is 1. The highest BCUT2D eigenvalue weighted by Crippen LogP contribution is 2.11. The predicted octanol–water partition coefficient (Wildman–Crippen LogP) is 3.65. The summed E-state index contributed by atoms with van der Waals surface area (Å²) in [4.78, 5) is 2.48. The molecule has 0 bridgehead atoms. The van der Waals surface area contributed by atoms with E-state index in [0.717, 1.165) is 17.8 Å². The molecule has 0 saturated heterocycles. The molecule has 1 unspecified atom stereocenters. The van der Waals surface area contributed by atoms with E-state index in [9.17, 15) is 0 Å².